The molecule has 0 radical (unpaired) electrons. The molecule has 1 aromatic rings. The lowest BCUT2D eigenvalue weighted by Gasteiger charge is -1.94. The SMILES string of the molecule is CC#Cc1ccc2c(c1)C(=O)NC2=O. The summed E-state index contributed by atoms with van der Waals surface area (Å²) in [4.78, 5) is 22.4. The molecule has 0 fully saturated rings. The third-order valence-electron chi connectivity index (χ3n) is 2.01. The van der Waals surface area contributed by atoms with Gasteiger partial charge >= 0.3 is 0 Å². The molecule has 14 heavy (non-hydrogen) atoms. The van der Waals surface area contributed by atoms with Gasteiger partial charge in [-0.3, -0.25) is 14.9 Å². The number of carbonyl (C=O) groups is 2. The summed E-state index contributed by atoms with van der Waals surface area (Å²) < 4.78 is 0. The Hall–Kier alpha value is -2.08. The summed E-state index contributed by atoms with van der Waals surface area (Å²) >= 11 is 0. The smallest absolute Gasteiger partial charge is 0.258 e. The van der Waals surface area contributed by atoms with E-state index in [9.17, 15) is 9.59 Å². The molecule has 68 valence electrons. The number of hydrogen-bond donors (Lipinski definition) is 1. The molecule has 1 aliphatic rings. The Balaban J connectivity index is 2.59. The van der Waals surface area contributed by atoms with Crippen molar-refractivity contribution in [3.8, 4) is 11.8 Å². The normalized spacial score (nSPS) is 12.9. The van der Waals surface area contributed by atoms with Gasteiger partial charge in [-0.2, -0.15) is 0 Å². The molecule has 1 N–H and O–H groups in total. The number of nitrogens with one attached hydrogen (secondary N) is 1. The Bertz CT molecular complexity index is 492. The number of benzene rings is 1. The topological polar surface area (TPSA) is 46.2 Å². The molecule has 0 atom stereocenters. The second kappa shape index (κ2) is 3.00. The first-order valence-corrected chi connectivity index (χ1v) is 4.15. The van der Waals surface area contributed by atoms with Crippen LogP contribution in [0, 0.1) is 11.8 Å². The number of imide groups is 1. The van der Waals surface area contributed by atoms with Crippen molar-refractivity contribution in [2.75, 3.05) is 0 Å². The quantitative estimate of drug-likeness (QED) is 0.483. The maximum absolute atomic E-state index is 11.3. The van der Waals surface area contributed by atoms with Crippen molar-refractivity contribution in [3.05, 3.63) is 34.9 Å². The molecule has 0 spiro atoms. The van der Waals surface area contributed by atoms with Gasteiger partial charge in [0, 0.05) is 5.56 Å². The van der Waals surface area contributed by atoms with Gasteiger partial charge in [0.05, 0.1) is 11.1 Å². The molecule has 0 unspecified atom stereocenters. The van der Waals surface area contributed by atoms with Crippen LogP contribution in [0.2, 0.25) is 0 Å². The number of rotatable bonds is 0. The van der Waals surface area contributed by atoms with Crippen molar-refractivity contribution in [2.24, 2.45) is 0 Å². The van der Waals surface area contributed by atoms with Crippen molar-refractivity contribution >= 4 is 11.8 Å². The lowest BCUT2D eigenvalue weighted by atomic mass is 10.1. The Kier molecular flexibility index (Phi) is 1.83. The van der Waals surface area contributed by atoms with Crippen LogP contribution in [0.5, 0.6) is 0 Å². The average molecular weight is 185 g/mol. The van der Waals surface area contributed by atoms with Crippen molar-refractivity contribution in [1.82, 2.24) is 5.32 Å². The lowest BCUT2D eigenvalue weighted by molar-refractivity contribution is 0.0879. The van der Waals surface area contributed by atoms with Gasteiger partial charge in [0.1, 0.15) is 0 Å². The summed E-state index contributed by atoms with van der Waals surface area (Å²) in [7, 11) is 0. The molecule has 0 aromatic heterocycles. The van der Waals surface area contributed by atoms with Gasteiger partial charge in [-0.05, 0) is 25.1 Å². The van der Waals surface area contributed by atoms with E-state index in [-0.39, 0.29) is 11.8 Å². The molecule has 0 aliphatic carbocycles. The van der Waals surface area contributed by atoms with E-state index in [1.54, 1.807) is 25.1 Å². The van der Waals surface area contributed by atoms with Gasteiger partial charge in [0.25, 0.3) is 11.8 Å². The molecule has 2 rings (SSSR count). The van der Waals surface area contributed by atoms with Crippen LogP contribution in [-0.4, -0.2) is 11.8 Å². The van der Waals surface area contributed by atoms with E-state index in [1.807, 2.05) is 0 Å². The van der Waals surface area contributed by atoms with Crippen LogP contribution in [0.3, 0.4) is 0 Å². The van der Waals surface area contributed by atoms with Crippen LogP contribution in [0.15, 0.2) is 18.2 Å². The minimum atomic E-state index is -0.343. The standard InChI is InChI=1S/C11H7NO2/c1-2-3-7-4-5-8-9(6-7)11(14)12-10(8)13/h4-6H,1H3,(H,12,13,14). The van der Waals surface area contributed by atoms with Gasteiger partial charge in [0.2, 0.25) is 0 Å². The zero-order valence-electron chi connectivity index (χ0n) is 7.55. The predicted octanol–water partition coefficient (Wildman–Crippen LogP) is 0.942. The van der Waals surface area contributed by atoms with Crippen LogP contribution in [-0.2, 0) is 0 Å². The van der Waals surface area contributed by atoms with Gasteiger partial charge < -0.3 is 0 Å². The number of fused-ring (bicyclic) bond motifs is 1. The van der Waals surface area contributed by atoms with Crippen LogP contribution in [0.25, 0.3) is 0 Å². The number of hydrogen-bond acceptors (Lipinski definition) is 2. The number of amides is 2. The molecule has 1 aromatic carbocycles. The predicted molar refractivity (Wildman–Crippen MR) is 50.8 cm³/mol. The fourth-order valence-corrected chi connectivity index (χ4v) is 1.39. The molecule has 3 nitrogen and oxygen atoms in total. The van der Waals surface area contributed by atoms with Gasteiger partial charge in [0.15, 0.2) is 0 Å². The molecular formula is C11H7NO2. The van der Waals surface area contributed by atoms with Gasteiger partial charge in [-0.15, -0.1) is 5.92 Å². The molecule has 0 saturated heterocycles. The van der Waals surface area contributed by atoms with Crippen LogP contribution in [0.1, 0.15) is 33.2 Å². The maximum atomic E-state index is 11.3. The van der Waals surface area contributed by atoms with Crippen molar-refractivity contribution in [1.29, 1.82) is 0 Å². The third-order valence-corrected chi connectivity index (χ3v) is 2.01. The first-order valence-electron chi connectivity index (χ1n) is 4.15. The van der Waals surface area contributed by atoms with E-state index >= 15 is 0 Å². The third kappa shape index (κ3) is 1.17. The minimum Gasteiger partial charge on any atom is -0.288 e. The highest BCUT2D eigenvalue weighted by Crippen LogP contribution is 2.16. The highest BCUT2D eigenvalue weighted by molar-refractivity contribution is 6.21. The van der Waals surface area contributed by atoms with Gasteiger partial charge in [-0.1, -0.05) is 5.92 Å². The Labute approximate surface area is 81.1 Å². The summed E-state index contributed by atoms with van der Waals surface area (Å²) in [5.74, 6) is 4.89. The van der Waals surface area contributed by atoms with E-state index in [2.05, 4.69) is 17.2 Å². The maximum Gasteiger partial charge on any atom is 0.258 e. The van der Waals surface area contributed by atoms with Gasteiger partial charge in [-0.25, -0.2) is 0 Å². The molecule has 1 aliphatic heterocycles. The first-order chi connectivity index (χ1) is 6.72. The molecule has 0 saturated carbocycles. The fraction of sp³-hybridized carbons (Fsp3) is 0.0909. The summed E-state index contributed by atoms with van der Waals surface area (Å²) in [6.07, 6.45) is 0. The van der Waals surface area contributed by atoms with E-state index in [4.69, 9.17) is 0 Å². The highest BCUT2D eigenvalue weighted by atomic mass is 16.2. The number of carbonyl (C=O) groups excluding carboxylic acids is 2. The van der Waals surface area contributed by atoms with Crippen LogP contribution >= 0.6 is 0 Å². The van der Waals surface area contributed by atoms with Crippen LogP contribution < -0.4 is 5.32 Å². The van der Waals surface area contributed by atoms with Crippen molar-refractivity contribution < 1.29 is 9.59 Å². The average Bonchev–Trinajstić information content (AvgIpc) is 2.43. The zero-order valence-corrected chi connectivity index (χ0v) is 7.55. The lowest BCUT2D eigenvalue weighted by Crippen LogP contribution is -2.19. The van der Waals surface area contributed by atoms with E-state index in [0.29, 0.717) is 11.1 Å². The largest absolute Gasteiger partial charge is 0.288 e. The second-order valence-corrected chi connectivity index (χ2v) is 2.92. The highest BCUT2D eigenvalue weighted by Gasteiger charge is 2.26. The van der Waals surface area contributed by atoms with Crippen LogP contribution in [0.4, 0.5) is 0 Å². The van der Waals surface area contributed by atoms with E-state index in [1.165, 1.54) is 0 Å². The van der Waals surface area contributed by atoms with Crippen molar-refractivity contribution in [2.45, 2.75) is 6.92 Å². The van der Waals surface area contributed by atoms with E-state index in [0.717, 1.165) is 5.56 Å². The molecular weight excluding hydrogens is 178 g/mol. The summed E-state index contributed by atoms with van der Waals surface area (Å²) in [6, 6.07) is 4.98. The fourth-order valence-electron chi connectivity index (χ4n) is 1.39. The first kappa shape index (κ1) is 8.52. The minimum absolute atomic E-state index is 0.332. The van der Waals surface area contributed by atoms with E-state index < -0.39 is 0 Å². The Morgan fingerprint density at radius 2 is 1.86 bits per heavy atom. The summed E-state index contributed by atoms with van der Waals surface area (Å²) in [5, 5.41) is 2.23. The summed E-state index contributed by atoms with van der Waals surface area (Å²) in [5.41, 5.74) is 1.59. The molecule has 2 amide bonds. The summed E-state index contributed by atoms with van der Waals surface area (Å²) in [6.45, 7) is 1.72. The Morgan fingerprint density at radius 3 is 2.57 bits per heavy atom. The van der Waals surface area contributed by atoms with Crippen molar-refractivity contribution in [3.63, 3.8) is 0 Å². The molecule has 0 bridgehead atoms. The monoisotopic (exact) mass is 185 g/mol. The molecule has 3 heteroatoms. The Morgan fingerprint density at radius 1 is 1.14 bits per heavy atom. The zero-order chi connectivity index (χ0) is 10.1. The molecule has 1 heterocycles. The second-order valence-electron chi connectivity index (χ2n) is 2.92.